The number of furan rings is 2. The van der Waals surface area contributed by atoms with Gasteiger partial charge in [-0.2, -0.15) is 0 Å². The average molecular weight is 988 g/mol. The predicted molar refractivity (Wildman–Crippen MR) is 317 cm³/mol. The Bertz CT molecular complexity index is 4380. The van der Waals surface area contributed by atoms with Crippen LogP contribution in [0, 0.1) is 11.8 Å². The van der Waals surface area contributed by atoms with Gasteiger partial charge in [-0.3, -0.25) is 0 Å². The van der Waals surface area contributed by atoms with Crippen molar-refractivity contribution in [3.63, 3.8) is 0 Å². The molecule has 0 aliphatic heterocycles. The van der Waals surface area contributed by atoms with Crippen LogP contribution >= 0.6 is 0 Å². The summed E-state index contributed by atoms with van der Waals surface area (Å²) in [5, 5.41) is 4.25. The number of nitrogens with zero attached hydrogens (tertiary/aromatic N) is 1. The van der Waals surface area contributed by atoms with E-state index in [1.165, 1.54) is 86.9 Å². The van der Waals surface area contributed by atoms with Crippen LogP contribution in [0.25, 0.3) is 88.4 Å². The van der Waals surface area contributed by atoms with Gasteiger partial charge in [0.1, 0.15) is 22.3 Å². The zero-order valence-electron chi connectivity index (χ0n) is 42.6. The maximum absolute atomic E-state index is 6.89. The monoisotopic (exact) mass is 987 g/mol. The SMILES string of the molecule is c1ccc(-c2cccc(C3(c4cccc(N(c5cccc6oc7ccc(-c8ccccc8)cc7c56)c5cccc6oc7ccc(-c8ccc(C9CC%10CCC9C%10)cc8)cc7c56)c4)c4ccccc4-c4ccccc43)c2)cc1. The third kappa shape index (κ3) is 6.89. The van der Waals surface area contributed by atoms with Gasteiger partial charge in [0.25, 0.3) is 0 Å². The Balaban J connectivity index is 0.941. The van der Waals surface area contributed by atoms with E-state index in [2.05, 4.69) is 260 Å². The van der Waals surface area contributed by atoms with Crippen LogP contribution in [0.5, 0.6) is 0 Å². The second kappa shape index (κ2) is 17.4. The number of anilines is 3. The van der Waals surface area contributed by atoms with Gasteiger partial charge in [-0.05, 0) is 176 Å². The molecule has 0 saturated heterocycles. The Labute approximate surface area is 448 Å². The Morgan fingerprint density at radius 1 is 0.364 bits per heavy atom. The molecule has 16 rings (SSSR count). The number of hydrogen-bond acceptors (Lipinski definition) is 3. The fraction of sp³-hybridized carbons (Fsp3) is 0.108. The molecule has 3 aliphatic carbocycles. The highest BCUT2D eigenvalue weighted by Gasteiger charge is 2.46. The summed E-state index contributed by atoms with van der Waals surface area (Å²) in [6, 6.07) is 94.0. The molecule has 0 N–H and O–H groups in total. The number of hydrogen-bond donors (Lipinski definition) is 0. The summed E-state index contributed by atoms with van der Waals surface area (Å²) in [5.41, 5.74) is 21.8. The van der Waals surface area contributed by atoms with E-state index in [0.717, 1.165) is 83.9 Å². The molecule has 3 unspecified atom stereocenters. The molecule has 11 aromatic carbocycles. The van der Waals surface area contributed by atoms with Gasteiger partial charge in [0.2, 0.25) is 0 Å². The molecule has 0 spiro atoms. The molecule has 366 valence electrons. The van der Waals surface area contributed by atoms with Crippen LogP contribution in [0.3, 0.4) is 0 Å². The van der Waals surface area contributed by atoms with E-state index in [4.69, 9.17) is 8.83 Å². The highest BCUT2D eigenvalue weighted by Crippen LogP contribution is 2.58. The second-order valence-corrected chi connectivity index (χ2v) is 21.9. The summed E-state index contributed by atoms with van der Waals surface area (Å²) in [6.45, 7) is 0. The minimum Gasteiger partial charge on any atom is -0.456 e. The van der Waals surface area contributed by atoms with Gasteiger partial charge in [-0.25, -0.2) is 0 Å². The molecular weight excluding hydrogens is 935 g/mol. The smallest absolute Gasteiger partial charge is 0.137 e. The lowest BCUT2D eigenvalue weighted by molar-refractivity contribution is 0.420. The minimum absolute atomic E-state index is 0.658. The molecular formula is C74H53NO2. The molecule has 3 heteroatoms. The highest BCUT2D eigenvalue weighted by molar-refractivity contribution is 6.18. The number of fused-ring (bicyclic) bond motifs is 11. The van der Waals surface area contributed by atoms with E-state index in [1.807, 2.05) is 0 Å². The van der Waals surface area contributed by atoms with E-state index >= 15 is 0 Å². The quantitative estimate of drug-likeness (QED) is 0.144. The van der Waals surface area contributed by atoms with Crippen LogP contribution in [0.4, 0.5) is 17.1 Å². The first-order valence-corrected chi connectivity index (χ1v) is 27.5. The lowest BCUT2D eigenvalue weighted by atomic mass is 9.67. The normalized spacial score (nSPS) is 17.1. The lowest BCUT2D eigenvalue weighted by Crippen LogP contribution is -2.29. The Kier molecular flexibility index (Phi) is 10.0. The molecule has 13 aromatic rings. The van der Waals surface area contributed by atoms with Crippen molar-refractivity contribution in [1.82, 2.24) is 0 Å². The molecule has 0 radical (unpaired) electrons. The van der Waals surface area contributed by atoms with Crippen molar-refractivity contribution < 1.29 is 8.83 Å². The van der Waals surface area contributed by atoms with Gasteiger partial charge >= 0.3 is 0 Å². The van der Waals surface area contributed by atoms with Gasteiger partial charge in [0, 0.05) is 16.5 Å². The summed E-state index contributed by atoms with van der Waals surface area (Å²) in [7, 11) is 0. The van der Waals surface area contributed by atoms with E-state index in [9.17, 15) is 0 Å². The molecule has 2 aromatic heterocycles. The number of rotatable bonds is 9. The molecule has 0 amide bonds. The fourth-order valence-corrected chi connectivity index (χ4v) is 14.4. The molecule has 3 atom stereocenters. The topological polar surface area (TPSA) is 29.5 Å². The Morgan fingerprint density at radius 3 is 1.43 bits per heavy atom. The fourth-order valence-electron chi connectivity index (χ4n) is 14.4. The van der Waals surface area contributed by atoms with Crippen molar-refractivity contribution in [2.75, 3.05) is 4.90 Å². The summed E-state index contributed by atoms with van der Waals surface area (Å²) in [5.74, 6) is 2.46. The summed E-state index contributed by atoms with van der Waals surface area (Å²) in [4.78, 5) is 2.48. The largest absolute Gasteiger partial charge is 0.456 e. The minimum atomic E-state index is -0.658. The van der Waals surface area contributed by atoms with E-state index in [-0.39, 0.29) is 0 Å². The maximum Gasteiger partial charge on any atom is 0.137 e. The van der Waals surface area contributed by atoms with Crippen molar-refractivity contribution in [3.05, 3.63) is 283 Å². The van der Waals surface area contributed by atoms with Crippen LogP contribution < -0.4 is 4.90 Å². The van der Waals surface area contributed by atoms with Crippen molar-refractivity contribution in [2.24, 2.45) is 11.8 Å². The van der Waals surface area contributed by atoms with Crippen LogP contribution in [-0.2, 0) is 5.41 Å². The van der Waals surface area contributed by atoms with Crippen molar-refractivity contribution in [3.8, 4) is 44.5 Å². The third-order valence-electron chi connectivity index (χ3n) is 17.8. The van der Waals surface area contributed by atoms with Crippen LogP contribution in [0.2, 0.25) is 0 Å². The first kappa shape index (κ1) is 44.1. The van der Waals surface area contributed by atoms with E-state index < -0.39 is 5.41 Å². The zero-order valence-corrected chi connectivity index (χ0v) is 42.6. The maximum atomic E-state index is 6.89. The van der Waals surface area contributed by atoms with E-state index in [0.29, 0.717) is 5.92 Å². The Hall–Kier alpha value is -9.18. The summed E-state index contributed by atoms with van der Waals surface area (Å²) >= 11 is 0. The molecule has 3 nitrogen and oxygen atoms in total. The molecule has 2 bridgehead atoms. The van der Waals surface area contributed by atoms with Crippen molar-refractivity contribution in [1.29, 1.82) is 0 Å². The summed E-state index contributed by atoms with van der Waals surface area (Å²) < 4.78 is 13.7. The molecule has 77 heavy (non-hydrogen) atoms. The first-order chi connectivity index (χ1) is 38.1. The van der Waals surface area contributed by atoms with Gasteiger partial charge in [0.15, 0.2) is 0 Å². The lowest BCUT2D eigenvalue weighted by Gasteiger charge is -2.35. The zero-order chi connectivity index (χ0) is 50.6. The standard InChI is InChI=1S/C74H53NO2/c1-3-15-48(16-4-1)52-19-11-20-56(43-52)74(64-25-9-7-23-59(64)60-24-8-10-26-65(60)74)57-21-12-22-58(46-57)75(66-27-13-29-70-72(66)62-44-53(37-39-68(62)76-70)49-17-5-2-6-18-49)67-28-14-30-71-73(67)63-45-54(38-40-69(63)77-71)50-33-35-51(36-34-50)61-42-47-31-32-55(61)41-47/h1-30,33-40,43-47,55,61H,31-32,41-42H2. The van der Waals surface area contributed by atoms with Crippen LogP contribution in [0.15, 0.2) is 264 Å². The van der Waals surface area contributed by atoms with Gasteiger partial charge < -0.3 is 13.7 Å². The van der Waals surface area contributed by atoms with Crippen molar-refractivity contribution >= 4 is 60.9 Å². The highest BCUT2D eigenvalue weighted by atomic mass is 16.3. The van der Waals surface area contributed by atoms with Crippen LogP contribution in [0.1, 0.15) is 59.4 Å². The third-order valence-corrected chi connectivity index (χ3v) is 17.8. The van der Waals surface area contributed by atoms with Crippen molar-refractivity contribution in [2.45, 2.75) is 37.0 Å². The second-order valence-electron chi connectivity index (χ2n) is 21.9. The summed E-state index contributed by atoms with van der Waals surface area (Å²) in [6.07, 6.45) is 5.56. The van der Waals surface area contributed by atoms with Gasteiger partial charge in [-0.1, -0.05) is 194 Å². The number of benzene rings is 11. The van der Waals surface area contributed by atoms with Gasteiger partial charge in [0.05, 0.1) is 27.6 Å². The molecule has 3 aliphatic rings. The Morgan fingerprint density at radius 2 is 0.857 bits per heavy atom. The first-order valence-electron chi connectivity index (χ1n) is 27.5. The predicted octanol–water partition coefficient (Wildman–Crippen LogP) is 20.2. The van der Waals surface area contributed by atoms with E-state index in [1.54, 1.807) is 0 Å². The van der Waals surface area contributed by atoms with Gasteiger partial charge in [-0.15, -0.1) is 0 Å². The molecule has 2 heterocycles. The van der Waals surface area contributed by atoms with Crippen LogP contribution in [-0.4, -0.2) is 0 Å². The molecule has 2 saturated carbocycles. The average Bonchev–Trinajstić information content (AvgIpc) is 4.50. The molecule has 2 fully saturated rings.